The number of ether oxygens (including phenoxy) is 1. The van der Waals surface area contributed by atoms with Gasteiger partial charge in [-0.25, -0.2) is 0 Å². The molecule has 0 unspecified atom stereocenters. The number of methoxy groups -OCH3 is 1. The average Bonchev–Trinajstić information content (AvgIpc) is 2.48. The topological polar surface area (TPSA) is 74.2 Å². The molecular weight excluding hydrogens is 290 g/mol. The molecule has 1 rings (SSSR count). The Morgan fingerprint density at radius 2 is 2.24 bits per heavy atom. The van der Waals surface area contributed by atoms with E-state index in [0.717, 1.165) is 12.0 Å². The molecule has 1 amide bonds. The van der Waals surface area contributed by atoms with Crippen LogP contribution in [0, 0.1) is 18.3 Å². The second-order valence-electron chi connectivity index (χ2n) is 4.37. The van der Waals surface area contributed by atoms with Gasteiger partial charge >= 0.3 is 0 Å². The van der Waals surface area contributed by atoms with Crippen molar-refractivity contribution in [2.24, 2.45) is 0 Å². The zero-order valence-electron chi connectivity index (χ0n) is 12.3. The van der Waals surface area contributed by atoms with E-state index in [1.165, 1.54) is 13.3 Å². The van der Waals surface area contributed by atoms with Gasteiger partial charge in [-0.3, -0.25) is 4.79 Å². The van der Waals surface area contributed by atoms with Gasteiger partial charge < -0.3 is 15.4 Å². The molecule has 1 aromatic rings. The quantitative estimate of drug-likeness (QED) is 0.626. The van der Waals surface area contributed by atoms with Crippen molar-refractivity contribution in [2.75, 3.05) is 19.0 Å². The predicted octanol–water partition coefficient (Wildman–Crippen LogP) is 3.00. The van der Waals surface area contributed by atoms with E-state index in [2.05, 4.69) is 10.6 Å². The first-order chi connectivity index (χ1) is 10.0. The van der Waals surface area contributed by atoms with Crippen LogP contribution in [-0.2, 0) is 4.79 Å². The molecule has 0 spiro atoms. The Labute approximate surface area is 129 Å². The molecule has 0 fully saturated rings. The SMILES string of the molecule is CCCNC(=O)/C(C#N)=C\Nc1cc(C)c(Cl)cc1OC. The normalized spacial score (nSPS) is 10.7. The summed E-state index contributed by atoms with van der Waals surface area (Å²) >= 11 is 6.02. The monoisotopic (exact) mass is 307 g/mol. The Balaban J connectivity index is 2.94. The van der Waals surface area contributed by atoms with Gasteiger partial charge in [0.2, 0.25) is 0 Å². The fraction of sp³-hybridized carbons (Fsp3) is 0.333. The lowest BCUT2D eigenvalue weighted by molar-refractivity contribution is -0.117. The van der Waals surface area contributed by atoms with E-state index in [1.54, 1.807) is 12.1 Å². The van der Waals surface area contributed by atoms with E-state index in [9.17, 15) is 4.79 Å². The van der Waals surface area contributed by atoms with Crippen molar-refractivity contribution in [2.45, 2.75) is 20.3 Å². The molecule has 5 nitrogen and oxygen atoms in total. The summed E-state index contributed by atoms with van der Waals surface area (Å²) in [5, 5.41) is 15.2. The summed E-state index contributed by atoms with van der Waals surface area (Å²) < 4.78 is 5.21. The van der Waals surface area contributed by atoms with Crippen LogP contribution in [-0.4, -0.2) is 19.6 Å². The minimum Gasteiger partial charge on any atom is -0.495 e. The molecule has 1 aromatic carbocycles. The van der Waals surface area contributed by atoms with Gasteiger partial charge in [0.25, 0.3) is 5.91 Å². The standard InChI is InChI=1S/C15H18ClN3O2/c1-4-5-18-15(20)11(8-17)9-19-13-6-10(2)12(16)7-14(13)21-3/h6-7,9,19H,4-5H2,1-3H3,(H,18,20)/b11-9-. The Morgan fingerprint density at radius 3 is 2.81 bits per heavy atom. The highest BCUT2D eigenvalue weighted by Crippen LogP contribution is 2.30. The van der Waals surface area contributed by atoms with Crippen molar-refractivity contribution >= 4 is 23.2 Å². The van der Waals surface area contributed by atoms with Gasteiger partial charge in [0, 0.05) is 23.8 Å². The fourth-order valence-corrected chi connectivity index (χ4v) is 1.73. The number of halogens is 1. The van der Waals surface area contributed by atoms with Crippen molar-refractivity contribution in [3.63, 3.8) is 0 Å². The van der Waals surface area contributed by atoms with Crippen molar-refractivity contribution in [1.82, 2.24) is 5.32 Å². The van der Waals surface area contributed by atoms with E-state index in [1.807, 2.05) is 19.9 Å². The van der Waals surface area contributed by atoms with Crippen molar-refractivity contribution in [1.29, 1.82) is 5.26 Å². The lowest BCUT2D eigenvalue weighted by atomic mass is 10.2. The highest BCUT2D eigenvalue weighted by atomic mass is 35.5. The third kappa shape index (κ3) is 4.69. The van der Waals surface area contributed by atoms with Gasteiger partial charge in [-0.1, -0.05) is 18.5 Å². The molecule has 0 aliphatic heterocycles. The van der Waals surface area contributed by atoms with Crippen LogP contribution in [0.25, 0.3) is 0 Å². The maximum atomic E-state index is 11.7. The molecule has 6 heteroatoms. The van der Waals surface area contributed by atoms with Crippen LogP contribution in [0.5, 0.6) is 5.75 Å². The number of hydrogen-bond acceptors (Lipinski definition) is 4. The Bertz CT molecular complexity index is 591. The first-order valence-electron chi connectivity index (χ1n) is 6.52. The molecule has 0 saturated heterocycles. The van der Waals surface area contributed by atoms with Crippen LogP contribution in [0.3, 0.4) is 0 Å². The first kappa shape index (κ1) is 16.9. The van der Waals surface area contributed by atoms with Gasteiger partial charge in [0.05, 0.1) is 12.8 Å². The van der Waals surface area contributed by atoms with Crippen LogP contribution in [0.2, 0.25) is 5.02 Å². The summed E-state index contributed by atoms with van der Waals surface area (Å²) in [4.78, 5) is 11.7. The number of amides is 1. The summed E-state index contributed by atoms with van der Waals surface area (Å²) in [5.74, 6) is 0.129. The largest absolute Gasteiger partial charge is 0.495 e. The summed E-state index contributed by atoms with van der Waals surface area (Å²) in [7, 11) is 1.52. The molecule has 0 radical (unpaired) electrons. The highest BCUT2D eigenvalue weighted by molar-refractivity contribution is 6.31. The Hall–Kier alpha value is -2.19. The first-order valence-corrected chi connectivity index (χ1v) is 6.90. The fourth-order valence-electron chi connectivity index (χ4n) is 1.58. The molecule has 0 atom stereocenters. The lowest BCUT2D eigenvalue weighted by Gasteiger charge is -2.11. The van der Waals surface area contributed by atoms with E-state index in [4.69, 9.17) is 21.6 Å². The Morgan fingerprint density at radius 1 is 1.52 bits per heavy atom. The van der Waals surface area contributed by atoms with Crippen molar-refractivity contribution in [3.8, 4) is 11.8 Å². The minimum atomic E-state index is -0.406. The van der Waals surface area contributed by atoms with Crippen LogP contribution in [0.15, 0.2) is 23.9 Å². The Kier molecular flexibility index (Phi) is 6.57. The van der Waals surface area contributed by atoms with Crippen LogP contribution in [0.1, 0.15) is 18.9 Å². The molecular formula is C15H18ClN3O2. The smallest absolute Gasteiger partial charge is 0.263 e. The zero-order valence-corrected chi connectivity index (χ0v) is 13.0. The average molecular weight is 308 g/mol. The minimum absolute atomic E-state index is 0.00175. The summed E-state index contributed by atoms with van der Waals surface area (Å²) in [6.45, 7) is 4.33. The summed E-state index contributed by atoms with van der Waals surface area (Å²) in [6.07, 6.45) is 2.16. The molecule has 0 aliphatic rings. The predicted molar refractivity (Wildman–Crippen MR) is 83.4 cm³/mol. The second kappa shape index (κ2) is 8.18. The number of aryl methyl sites for hydroxylation is 1. The van der Waals surface area contributed by atoms with E-state index in [-0.39, 0.29) is 5.57 Å². The third-order valence-corrected chi connectivity index (χ3v) is 3.16. The lowest BCUT2D eigenvalue weighted by Crippen LogP contribution is -2.25. The van der Waals surface area contributed by atoms with Gasteiger partial charge in [-0.05, 0) is 25.0 Å². The maximum Gasteiger partial charge on any atom is 0.263 e. The third-order valence-electron chi connectivity index (χ3n) is 2.75. The van der Waals surface area contributed by atoms with E-state index in [0.29, 0.717) is 23.0 Å². The van der Waals surface area contributed by atoms with Gasteiger partial charge in [-0.2, -0.15) is 5.26 Å². The summed E-state index contributed by atoms with van der Waals surface area (Å²) in [6, 6.07) is 5.33. The van der Waals surface area contributed by atoms with Gasteiger partial charge in [0.15, 0.2) is 0 Å². The molecule has 0 bridgehead atoms. The molecule has 21 heavy (non-hydrogen) atoms. The number of carbonyl (C=O) groups excluding carboxylic acids is 1. The highest BCUT2D eigenvalue weighted by Gasteiger charge is 2.09. The van der Waals surface area contributed by atoms with Crippen molar-refractivity contribution < 1.29 is 9.53 Å². The summed E-state index contributed by atoms with van der Waals surface area (Å²) in [5.41, 5.74) is 1.50. The number of anilines is 1. The number of rotatable bonds is 6. The number of nitrogens with zero attached hydrogens (tertiary/aromatic N) is 1. The van der Waals surface area contributed by atoms with E-state index >= 15 is 0 Å². The zero-order chi connectivity index (χ0) is 15.8. The van der Waals surface area contributed by atoms with E-state index < -0.39 is 5.91 Å². The number of benzene rings is 1. The molecule has 112 valence electrons. The maximum absolute atomic E-state index is 11.7. The number of nitrogens with one attached hydrogen (secondary N) is 2. The number of nitriles is 1. The second-order valence-corrected chi connectivity index (χ2v) is 4.78. The molecule has 0 heterocycles. The van der Waals surface area contributed by atoms with Crippen molar-refractivity contribution in [3.05, 3.63) is 34.5 Å². The number of carbonyl (C=O) groups is 1. The van der Waals surface area contributed by atoms with Crippen LogP contribution < -0.4 is 15.4 Å². The van der Waals surface area contributed by atoms with Gasteiger partial charge in [-0.15, -0.1) is 0 Å². The van der Waals surface area contributed by atoms with Gasteiger partial charge in [0.1, 0.15) is 17.4 Å². The molecule has 0 saturated carbocycles. The molecule has 0 aliphatic carbocycles. The van der Waals surface area contributed by atoms with Crippen LogP contribution in [0.4, 0.5) is 5.69 Å². The molecule has 0 aromatic heterocycles. The molecule has 2 N–H and O–H groups in total. The van der Waals surface area contributed by atoms with Crippen LogP contribution >= 0.6 is 11.6 Å². The number of hydrogen-bond donors (Lipinski definition) is 2.